The van der Waals surface area contributed by atoms with E-state index in [2.05, 4.69) is 37.4 Å². The summed E-state index contributed by atoms with van der Waals surface area (Å²) in [6, 6.07) is 11.3. The Balaban J connectivity index is 2.12. The van der Waals surface area contributed by atoms with Crippen LogP contribution in [0.15, 0.2) is 35.2 Å². The number of rotatable bonds is 6. The second kappa shape index (κ2) is 5.48. The lowest BCUT2D eigenvalue weighted by Gasteiger charge is -2.39. The van der Waals surface area contributed by atoms with Crippen LogP contribution in [0.1, 0.15) is 26.7 Å². The Morgan fingerprint density at radius 2 is 1.85 bits per heavy atom. The summed E-state index contributed by atoms with van der Waals surface area (Å²) >= 11 is 1.99. The van der Waals surface area contributed by atoms with Gasteiger partial charge in [0.15, 0.2) is 0 Å². The maximum absolute atomic E-state index is 10.5. The van der Waals surface area contributed by atoms with E-state index in [1.54, 1.807) is 13.8 Å². The molecule has 112 valence electrons. The van der Waals surface area contributed by atoms with E-state index in [9.17, 15) is 10.2 Å². The zero-order chi connectivity index (χ0) is 15.0. The molecular weight excluding hydrogens is 284 g/mol. The summed E-state index contributed by atoms with van der Waals surface area (Å²) < 4.78 is 0.327. The number of aliphatic hydroxyl groups is 2. The lowest BCUT2D eigenvalue weighted by molar-refractivity contribution is -0.0385. The topological polar surface area (TPSA) is 40.5 Å². The lowest BCUT2D eigenvalue weighted by Crippen LogP contribution is -2.51. The van der Waals surface area contributed by atoms with E-state index in [0.29, 0.717) is 4.37 Å². The third kappa shape index (κ3) is 3.30. The molecule has 1 aromatic rings. The van der Waals surface area contributed by atoms with Crippen LogP contribution in [0.3, 0.4) is 0 Å². The van der Waals surface area contributed by atoms with E-state index >= 15 is 0 Å². The van der Waals surface area contributed by atoms with Crippen molar-refractivity contribution < 1.29 is 10.2 Å². The van der Waals surface area contributed by atoms with Gasteiger partial charge in [0.1, 0.15) is 0 Å². The quantitative estimate of drug-likeness (QED) is 0.787. The van der Waals surface area contributed by atoms with Gasteiger partial charge in [0.05, 0.1) is 19.8 Å². The van der Waals surface area contributed by atoms with Crippen molar-refractivity contribution in [3.63, 3.8) is 0 Å². The molecule has 20 heavy (non-hydrogen) atoms. The molecule has 1 saturated carbocycles. The minimum atomic E-state index is -1.65. The van der Waals surface area contributed by atoms with Gasteiger partial charge in [-0.05, 0) is 44.9 Å². The summed E-state index contributed by atoms with van der Waals surface area (Å²) in [4.78, 5) is 1.32. The molecule has 0 amide bonds. The number of hydrogen-bond donors (Lipinski definition) is 2. The highest BCUT2D eigenvalue weighted by atomic mass is 32.2. The van der Waals surface area contributed by atoms with E-state index < -0.39 is 19.8 Å². The monoisotopic (exact) mass is 310 g/mol. The molecule has 0 aliphatic heterocycles. The molecule has 0 unspecified atom stereocenters. The van der Waals surface area contributed by atoms with E-state index in [4.69, 9.17) is 0 Å². The molecule has 1 aromatic carbocycles. The summed E-state index contributed by atoms with van der Waals surface area (Å²) in [5.41, 5.74) is -0.970. The zero-order valence-corrected chi connectivity index (χ0v) is 14.7. The SMILES string of the molecule is C[C@@H](O)[C@@](C)(O)C[Si](C)(C)C1(Sc2ccccc2)CC1. The molecule has 0 heterocycles. The number of aliphatic hydroxyl groups excluding tert-OH is 1. The fourth-order valence-corrected chi connectivity index (χ4v) is 9.56. The van der Waals surface area contributed by atoms with E-state index in [0.717, 1.165) is 6.04 Å². The highest BCUT2D eigenvalue weighted by Gasteiger charge is 2.58. The number of benzene rings is 1. The number of hydrogen-bond acceptors (Lipinski definition) is 3. The molecule has 2 rings (SSSR count). The molecule has 2 atom stereocenters. The molecule has 4 heteroatoms. The first-order valence-corrected chi connectivity index (χ1v) is 11.4. The Morgan fingerprint density at radius 3 is 2.30 bits per heavy atom. The maximum Gasteiger partial charge on any atom is 0.0852 e. The summed E-state index contributed by atoms with van der Waals surface area (Å²) in [5, 5.41) is 20.2. The van der Waals surface area contributed by atoms with Crippen molar-refractivity contribution in [2.24, 2.45) is 0 Å². The van der Waals surface area contributed by atoms with Gasteiger partial charge < -0.3 is 10.2 Å². The molecule has 1 aliphatic rings. The van der Waals surface area contributed by atoms with Crippen LogP contribution >= 0.6 is 11.8 Å². The normalized spacial score (nSPS) is 22.1. The van der Waals surface area contributed by atoms with E-state index in [1.165, 1.54) is 17.7 Å². The van der Waals surface area contributed by atoms with Gasteiger partial charge in [-0.3, -0.25) is 0 Å². The van der Waals surface area contributed by atoms with Gasteiger partial charge in [-0.2, -0.15) is 0 Å². The van der Waals surface area contributed by atoms with Crippen molar-refractivity contribution in [1.82, 2.24) is 0 Å². The summed E-state index contributed by atoms with van der Waals surface area (Å²) in [6.45, 7) is 8.17. The molecule has 2 N–H and O–H groups in total. The second-order valence-electron chi connectivity index (χ2n) is 7.00. The minimum absolute atomic E-state index is 0.327. The Bertz CT molecular complexity index is 453. The van der Waals surface area contributed by atoms with Gasteiger partial charge >= 0.3 is 0 Å². The number of thioether (sulfide) groups is 1. The van der Waals surface area contributed by atoms with Crippen molar-refractivity contribution in [3.05, 3.63) is 30.3 Å². The van der Waals surface area contributed by atoms with Gasteiger partial charge in [0, 0.05) is 9.27 Å². The Morgan fingerprint density at radius 1 is 1.30 bits per heavy atom. The average molecular weight is 311 g/mol. The van der Waals surface area contributed by atoms with Crippen LogP contribution in [0.25, 0.3) is 0 Å². The van der Waals surface area contributed by atoms with E-state index in [-0.39, 0.29) is 0 Å². The second-order valence-corrected chi connectivity index (χ2v) is 13.9. The molecule has 1 fully saturated rings. The maximum atomic E-state index is 10.5. The van der Waals surface area contributed by atoms with Gasteiger partial charge in [-0.1, -0.05) is 31.3 Å². The summed E-state index contributed by atoms with van der Waals surface area (Å²) in [5.74, 6) is 0. The fourth-order valence-electron chi connectivity index (χ4n) is 2.95. The largest absolute Gasteiger partial charge is 0.390 e. The minimum Gasteiger partial charge on any atom is -0.390 e. The van der Waals surface area contributed by atoms with Gasteiger partial charge in [0.25, 0.3) is 0 Å². The van der Waals surface area contributed by atoms with Crippen molar-refractivity contribution in [2.75, 3.05) is 0 Å². The predicted octanol–water partition coefficient (Wildman–Crippen LogP) is 3.69. The van der Waals surface area contributed by atoms with Crippen LogP contribution in [0.5, 0.6) is 0 Å². The van der Waals surface area contributed by atoms with Gasteiger partial charge in [0.2, 0.25) is 0 Å². The summed E-state index contributed by atoms with van der Waals surface area (Å²) in [6.07, 6.45) is 1.80. The van der Waals surface area contributed by atoms with Crippen LogP contribution < -0.4 is 0 Å². The Kier molecular flexibility index (Phi) is 4.41. The first kappa shape index (κ1) is 16.1. The van der Waals surface area contributed by atoms with Crippen molar-refractivity contribution in [3.8, 4) is 0 Å². The van der Waals surface area contributed by atoms with Gasteiger partial charge in [-0.15, -0.1) is 11.8 Å². The molecule has 0 spiro atoms. The average Bonchev–Trinajstić information content (AvgIpc) is 3.10. The van der Waals surface area contributed by atoms with Crippen molar-refractivity contribution >= 4 is 19.8 Å². The van der Waals surface area contributed by atoms with Crippen LogP contribution in [0.2, 0.25) is 19.1 Å². The smallest absolute Gasteiger partial charge is 0.0852 e. The van der Waals surface area contributed by atoms with Gasteiger partial charge in [-0.25, -0.2) is 0 Å². The standard InChI is InChI=1S/C16H26O2SSi/c1-13(17)15(2,18)12-20(3,4)16(10-11-16)19-14-8-6-5-7-9-14/h5-9,13,17-18H,10-12H2,1-4H3/t13-,15+/m1/s1. The fraction of sp³-hybridized carbons (Fsp3) is 0.625. The molecule has 0 saturated heterocycles. The van der Waals surface area contributed by atoms with Crippen LogP contribution in [0, 0.1) is 0 Å². The first-order valence-electron chi connectivity index (χ1n) is 7.33. The molecule has 0 radical (unpaired) electrons. The van der Waals surface area contributed by atoms with Crippen LogP contribution in [0.4, 0.5) is 0 Å². The molecular formula is C16H26O2SSi. The highest BCUT2D eigenvalue weighted by molar-refractivity contribution is 8.02. The molecule has 0 bridgehead atoms. The lowest BCUT2D eigenvalue weighted by atomic mass is 10.0. The molecule has 1 aliphatic carbocycles. The summed E-state index contributed by atoms with van der Waals surface area (Å²) in [7, 11) is -1.65. The van der Waals surface area contributed by atoms with E-state index in [1.807, 2.05) is 17.8 Å². The Hall–Kier alpha value is -0.293. The third-order valence-electron chi connectivity index (χ3n) is 4.69. The predicted molar refractivity (Wildman–Crippen MR) is 88.9 cm³/mol. The third-order valence-corrected chi connectivity index (χ3v) is 12.5. The van der Waals surface area contributed by atoms with Crippen molar-refractivity contribution in [2.45, 2.75) is 66.8 Å². The van der Waals surface area contributed by atoms with Crippen LogP contribution in [-0.4, -0.2) is 34.4 Å². The molecule has 0 aromatic heterocycles. The highest BCUT2D eigenvalue weighted by Crippen LogP contribution is 2.59. The zero-order valence-electron chi connectivity index (χ0n) is 12.9. The van der Waals surface area contributed by atoms with Crippen LogP contribution in [-0.2, 0) is 0 Å². The van der Waals surface area contributed by atoms with Crippen molar-refractivity contribution in [1.29, 1.82) is 0 Å². The first-order chi connectivity index (χ1) is 9.19. The Labute approximate surface area is 127 Å². The molecule has 2 nitrogen and oxygen atoms in total.